The lowest BCUT2D eigenvalue weighted by atomic mass is 10.1. The second-order valence-corrected chi connectivity index (χ2v) is 11.0. The number of ether oxygens (including phenoxy) is 2. The molecule has 0 amide bonds. The van der Waals surface area contributed by atoms with E-state index in [0.29, 0.717) is 6.61 Å². The van der Waals surface area contributed by atoms with Crippen LogP contribution in [0, 0.1) is 0 Å². The van der Waals surface area contributed by atoms with Crippen LogP contribution in [0.15, 0.2) is 24.3 Å². The van der Waals surface area contributed by atoms with Crippen LogP contribution in [0.25, 0.3) is 0 Å². The topological polar surface area (TPSA) is 117 Å². The van der Waals surface area contributed by atoms with Crippen molar-refractivity contribution in [2.75, 3.05) is 33.0 Å². The van der Waals surface area contributed by atoms with Gasteiger partial charge in [-0.2, -0.15) is 0 Å². The van der Waals surface area contributed by atoms with Crippen LogP contribution in [0.5, 0.6) is 0 Å². The lowest BCUT2D eigenvalue weighted by molar-refractivity contribution is -0.154. The monoisotopic (exact) mass is 561 g/mol. The summed E-state index contributed by atoms with van der Waals surface area (Å²) in [6, 6.07) is 0. The molecule has 0 radical (unpaired) electrons. The third-order valence-corrected chi connectivity index (χ3v) is 6.91. The van der Waals surface area contributed by atoms with E-state index in [1.807, 2.05) is 0 Å². The van der Waals surface area contributed by atoms with Crippen molar-refractivity contribution in [2.24, 2.45) is 5.73 Å². The highest BCUT2D eigenvalue weighted by Gasteiger charge is 2.24. The maximum atomic E-state index is 11.8. The van der Waals surface area contributed by atoms with E-state index in [2.05, 4.69) is 35.8 Å². The third-order valence-electron chi connectivity index (χ3n) is 5.93. The number of hydrogen-bond donors (Lipinski definition) is 2. The Bertz CT molecular complexity index is 642. The van der Waals surface area contributed by atoms with E-state index in [9.17, 15) is 14.3 Å². The average molecular weight is 562 g/mol. The van der Waals surface area contributed by atoms with Gasteiger partial charge in [0.25, 0.3) is 0 Å². The third kappa shape index (κ3) is 26.6. The molecule has 2 atom stereocenters. The van der Waals surface area contributed by atoms with Gasteiger partial charge in [-0.3, -0.25) is 13.8 Å². The Labute approximate surface area is 232 Å². The fraction of sp³-hybridized carbons (Fsp3) is 0.828. The molecule has 0 aromatic heterocycles. The fourth-order valence-electron chi connectivity index (χ4n) is 3.71. The molecule has 3 N–H and O–H groups in total. The van der Waals surface area contributed by atoms with Gasteiger partial charge in [0.1, 0.15) is 6.10 Å². The van der Waals surface area contributed by atoms with Crippen LogP contribution in [0.1, 0.15) is 117 Å². The second kappa shape index (κ2) is 27.5. The first-order valence-corrected chi connectivity index (χ1v) is 16.3. The Kier molecular flexibility index (Phi) is 26.8. The van der Waals surface area contributed by atoms with Crippen molar-refractivity contribution in [1.82, 2.24) is 0 Å². The van der Waals surface area contributed by atoms with Gasteiger partial charge in [0.15, 0.2) is 0 Å². The zero-order chi connectivity index (χ0) is 28.2. The maximum absolute atomic E-state index is 11.8. The molecular weight excluding hydrogens is 505 g/mol. The molecule has 0 spiro atoms. The van der Waals surface area contributed by atoms with E-state index in [0.717, 1.165) is 19.3 Å². The predicted molar refractivity (Wildman–Crippen MR) is 155 cm³/mol. The van der Waals surface area contributed by atoms with Crippen molar-refractivity contribution in [1.29, 1.82) is 0 Å². The molecular formula is C29H56NO7P. The molecule has 0 bridgehead atoms. The zero-order valence-corrected chi connectivity index (χ0v) is 25.1. The molecule has 8 nitrogen and oxygen atoms in total. The van der Waals surface area contributed by atoms with E-state index in [-0.39, 0.29) is 32.8 Å². The van der Waals surface area contributed by atoms with Gasteiger partial charge in [0.05, 0.1) is 19.8 Å². The molecule has 2 unspecified atom stereocenters. The van der Waals surface area contributed by atoms with E-state index < -0.39 is 19.9 Å². The van der Waals surface area contributed by atoms with Crippen LogP contribution < -0.4 is 5.73 Å². The molecule has 0 aliphatic rings. The van der Waals surface area contributed by atoms with Crippen molar-refractivity contribution in [3.63, 3.8) is 0 Å². The normalized spacial score (nSPS) is 14.3. The Morgan fingerprint density at radius 2 is 1.37 bits per heavy atom. The van der Waals surface area contributed by atoms with Crippen molar-refractivity contribution in [2.45, 2.75) is 123 Å². The summed E-state index contributed by atoms with van der Waals surface area (Å²) in [5, 5.41) is 0. The van der Waals surface area contributed by atoms with Gasteiger partial charge in [0, 0.05) is 19.6 Å². The highest BCUT2D eigenvalue weighted by Crippen LogP contribution is 2.43. The lowest BCUT2D eigenvalue weighted by Gasteiger charge is -2.19. The van der Waals surface area contributed by atoms with Crippen molar-refractivity contribution >= 4 is 13.8 Å². The minimum Gasteiger partial charge on any atom is -0.457 e. The second-order valence-electron chi connectivity index (χ2n) is 9.57. The summed E-state index contributed by atoms with van der Waals surface area (Å²) in [7, 11) is -4.23. The number of unbranched alkanes of at least 4 members (excludes halogenated alkanes) is 12. The Balaban J connectivity index is 3.68. The smallest absolute Gasteiger partial charge is 0.457 e. The number of allylic oxidation sites excluding steroid dienone is 4. The lowest BCUT2D eigenvalue weighted by Crippen LogP contribution is -2.28. The summed E-state index contributed by atoms with van der Waals surface area (Å²) < 4.78 is 32.2. The largest absolute Gasteiger partial charge is 0.472 e. The Morgan fingerprint density at radius 3 is 1.95 bits per heavy atom. The SMILES string of the molecule is CCCCCC/C=C\C/C=C\CCCCCCCCCCOCC(COP(=O)(O)OCCN)OC(=O)CC. The van der Waals surface area contributed by atoms with Gasteiger partial charge in [-0.15, -0.1) is 0 Å². The standard InChI is InChI=1S/C29H56NO7P/c1-3-5-6-7-8-9-10-11-12-13-14-15-16-17-18-19-20-21-22-24-34-26-28(37-29(31)4-2)27-36-38(32,33)35-25-23-30/h9-10,12-13,28H,3-8,11,14-27,30H2,1-2H3,(H,32,33)/b10-9-,13-12-. The van der Waals surface area contributed by atoms with E-state index in [1.165, 1.54) is 77.0 Å². The summed E-state index contributed by atoms with van der Waals surface area (Å²) >= 11 is 0. The number of esters is 1. The quantitative estimate of drug-likeness (QED) is 0.0439. The first-order valence-electron chi connectivity index (χ1n) is 14.8. The predicted octanol–water partition coefficient (Wildman–Crippen LogP) is 7.40. The van der Waals surface area contributed by atoms with Gasteiger partial charge in [0.2, 0.25) is 0 Å². The molecule has 9 heteroatoms. The van der Waals surface area contributed by atoms with Crippen LogP contribution in [0.2, 0.25) is 0 Å². The van der Waals surface area contributed by atoms with Crippen molar-refractivity contribution in [3.8, 4) is 0 Å². The summed E-state index contributed by atoms with van der Waals surface area (Å²) in [5.41, 5.74) is 5.26. The molecule has 0 rings (SSSR count). The molecule has 0 aromatic rings. The highest BCUT2D eigenvalue weighted by molar-refractivity contribution is 7.47. The summed E-state index contributed by atoms with van der Waals surface area (Å²) in [6.07, 6.45) is 27.0. The van der Waals surface area contributed by atoms with Crippen LogP contribution >= 0.6 is 7.82 Å². The van der Waals surface area contributed by atoms with Gasteiger partial charge in [-0.05, 0) is 38.5 Å². The van der Waals surface area contributed by atoms with Crippen molar-refractivity contribution in [3.05, 3.63) is 24.3 Å². The Morgan fingerprint density at radius 1 is 0.789 bits per heavy atom. The molecule has 0 aliphatic carbocycles. The first-order chi connectivity index (χ1) is 18.4. The van der Waals surface area contributed by atoms with Gasteiger partial charge < -0.3 is 20.1 Å². The van der Waals surface area contributed by atoms with Gasteiger partial charge >= 0.3 is 13.8 Å². The first kappa shape index (κ1) is 37.0. The van der Waals surface area contributed by atoms with Gasteiger partial charge in [-0.1, -0.05) is 95.9 Å². The maximum Gasteiger partial charge on any atom is 0.472 e. The molecule has 0 saturated heterocycles. The molecule has 0 aliphatic heterocycles. The molecule has 224 valence electrons. The number of nitrogens with two attached hydrogens (primary N) is 1. The zero-order valence-electron chi connectivity index (χ0n) is 24.2. The molecule has 0 saturated carbocycles. The molecule has 0 aromatic carbocycles. The van der Waals surface area contributed by atoms with E-state index in [1.54, 1.807) is 6.92 Å². The number of phosphoric acid groups is 1. The number of carbonyl (C=O) groups is 1. The minimum atomic E-state index is -4.23. The molecule has 0 fully saturated rings. The molecule has 0 heterocycles. The van der Waals surface area contributed by atoms with Crippen LogP contribution in [-0.4, -0.2) is 49.9 Å². The van der Waals surface area contributed by atoms with Crippen molar-refractivity contribution < 1.29 is 32.8 Å². The fourth-order valence-corrected chi connectivity index (χ4v) is 4.47. The average Bonchev–Trinajstić information content (AvgIpc) is 2.91. The van der Waals surface area contributed by atoms with Crippen LogP contribution in [0.4, 0.5) is 0 Å². The van der Waals surface area contributed by atoms with E-state index >= 15 is 0 Å². The molecule has 38 heavy (non-hydrogen) atoms. The Hall–Kier alpha value is -1.02. The number of rotatable bonds is 28. The summed E-state index contributed by atoms with van der Waals surface area (Å²) in [4.78, 5) is 21.2. The summed E-state index contributed by atoms with van der Waals surface area (Å²) in [5.74, 6) is -0.422. The van der Waals surface area contributed by atoms with Crippen LogP contribution in [-0.2, 0) is 27.9 Å². The minimum absolute atomic E-state index is 0.0977. The summed E-state index contributed by atoms with van der Waals surface area (Å²) in [6.45, 7) is 4.29. The number of hydrogen-bond acceptors (Lipinski definition) is 7. The van der Waals surface area contributed by atoms with Crippen LogP contribution in [0.3, 0.4) is 0 Å². The number of carbonyl (C=O) groups excluding carboxylic acids is 1. The number of phosphoric ester groups is 1. The van der Waals surface area contributed by atoms with E-state index in [4.69, 9.17) is 19.7 Å². The van der Waals surface area contributed by atoms with Gasteiger partial charge in [-0.25, -0.2) is 4.57 Å². The highest BCUT2D eigenvalue weighted by atomic mass is 31.2.